The predicted octanol–water partition coefficient (Wildman–Crippen LogP) is 3.70. The molecule has 0 atom stereocenters. The molecule has 148 valence electrons. The molecule has 3 rings (SSSR count). The fourth-order valence-electron chi connectivity index (χ4n) is 2.92. The molecule has 28 heavy (non-hydrogen) atoms. The number of aromatic nitrogens is 1. The summed E-state index contributed by atoms with van der Waals surface area (Å²) in [5, 5.41) is 5.57. The smallest absolute Gasteiger partial charge is 0.409 e. The van der Waals surface area contributed by atoms with Gasteiger partial charge in [0, 0.05) is 36.2 Å². The van der Waals surface area contributed by atoms with Crippen LogP contribution in [-0.2, 0) is 9.53 Å². The van der Waals surface area contributed by atoms with Gasteiger partial charge in [-0.25, -0.2) is 14.2 Å². The van der Waals surface area contributed by atoms with Gasteiger partial charge in [0.15, 0.2) is 0 Å². The lowest BCUT2D eigenvalue weighted by atomic mass is 10.1. The van der Waals surface area contributed by atoms with Crippen molar-refractivity contribution < 1.29 is 18.7 Å². The van der Waals surface area contributed by atoms with Crippen molar-refractivity contribution in [1.82, 2.24) is 15.2 Å². The molecule has 0 bridgehead atoms. The van der Waals surface area contributed by atoms with Crippen LogP contribution in [0.25, 0.3) is 16.6 Å². The number of rotatable bonds is 5. The van der Waals surface area contributed by atoms with Crippen molar-refractivity contribution in [3.05, 3.63) is 47.2 Å². The largest absolute Gasteiger partial charge is 0.450 e. The van der Waals surface area contributed by atoms with E-state index in [4.69, 9.17) is 4.74 Å². The van der Waals surface area contributed by atoms with Crippen LogP contribution in [0.4, 0.5) is 9.18 Å². The number of benzene rings is 1. The van der Waals surface area contributed by atoms with Gasteiger partial charge in [-0.1, -0.05) is 0 Å². The van der Waals surface area contributed by atoms with Crippen molar-refractivity contribution in [3.8, 4) is 10.6 Å². The van der Waals surface area contributed by atoms with E-state index in [9.17, 15) is 14.0 Å². The van der Waals surface area contributed by atoms with E-state index in [1.54, 1.807) is 30.0 Å². The van der Waals surface area contributed by atoms with Gasteiger partial charge in [-0.15, -0.1) is 11.3 Å². The minimum absolute atomic E-state index is 0.0352. The van der Waals surface area contributed by atoms with E-state index in [1.165, 1.54) is 29.5 Å². The Kier molecular flexibility index (Phi) is 6.76. The summed E-state index contributed by atoms with van der Waals surface area (Å²) < 4.78 is 18.0. The van der Waals surface area contributed by atoms with Gasteiger partial charge in [0.25, 0.3) is 0 Å². The maximum absolute atomic E-state index is 13.0. The molecular weight excluding hydrogens is 381 g/mol. The number of carbonyl (C=O) groups excluding carboxylic acids is 2. The third kappa shape index (κ3) is 5.39. The number of amides is 2. The number of ether oxygens (including phenoxy) is 1. The van der Waals surface area contributed by atoms with Gasteiger partial charge in [-0.3, -0.25) is 4.79 Å². The molecule has 6 nitrogen and oxygen atoms in total. The molecule has 1 aliphatic heterocycles. The highest BCUT2D eigenvalue weighted by Crippen LogP contribution is 2.24. The van der Waals surface area contributed by atoms with Gasteiger partial charge in [0.1, 0.15) is 10.8 Å². The Morgan fingerprint density at radius 1 is 1.32 bits per heavy atom. The monoisotopic (exact) mass is 403 g/mol. The Morgan fingerprint density at radius 2 is 2.04 bits per heavy atom. The first-order valence-electron chi connectivity index (χ1n) is 9.17. The van der Waals surface area contributed by atoms with Gasteiger partial charge in [-0.05, 0) is 50.1 Å². The molecule has 1 N–H and O–H groups in total. The summed E-state index contributed by atoms with van der Waals surface area (Å²) in [7, 11) is 0. The molecule has 0 unspecified atom stereocenters. The quantitative estimate of drug-likeness (QED) is 0.773. The van der Waals surface area contributed by atoms with Crippen molar-refractivity contribution >= 4 is 29.4 Å². The molecule has 1 aliphatic rings. The number of nitrogens with one attached hydrogen (secondary N) is 1. The van der Waals surface area contributed by atoms with Crippen molar-refractivity contribution in [3.63, 3.8) is 0 Å². The zero-order chi connectivity index (χ0) is 19.9. The highest BCUT2D eigenvalue weighted by Gasteiger charge is 2.24. The van der Waals surface area contributed by atoms with Crippen molar-refractivity contribution in [2.75, 3.05) is 19.7 Å². The number of thiazole rings is 1. The second-order valence-electron chi connectivity index (χ2n) is 6.39. The minimum Gasteiger partial charge on any atom is -0.450 e. The average Bonchev–Trinajstić information content (AvgIpc) is 3.17. The molecule has 0 radical (unpaired) electrons. The molecule has 2 aromatic rings. The summed E-state index contributed by atoms with van der Waals surface area (Å²) in [6, 6.07) is 6.18. The lowest BCUT2D eigenvalue weighted by molar-refractivity contribution is -0.117. The number of nitrogens with zero attached hydrogens (tertiary/aromatic N) is 2. The van der Waals surface area contributed by atoms with Crippen LogP contribution in [0.1, 0.15) is 25.5 Å². The first-order valence-corrected chi connectivity index (χ1v) is 10.0. The summed E-state index contributed by atoms with van der Waals surface area (Å²) in [5.74, 6) is -0.476. The summed E-state index contributed by atoms with van der Waals surface area (Å²) in [6.07, 6.45) is 4.22. The molecule has 8 heteroatoms. The van der Waals surface area contributed by atoms with Gasteiger partial charge < -0.3 is 15.0 Å². The fourth-order valence-corrected chi connectivity index (χ4v) is 3.71. The zero-order valence-corrected chi connectivity index (χ0v) is 16.4. The highest BCUT2D eigenvalue weighted by atomic mass is 32.1. The minimum atomic E-state index is -0.298. The zero-order valence-electron chi connectivity index (χ0n) is 15.6. The third-order valence-electron chi connectivity index (χ3n) is 4.39. The van der Waals surface area contributed by atoms with Crippen LogP contribution in [0.3, 0.4) is 0 Å². The van der Waals surface area contributed by atoms with E-state index in [-0.39, 0.29) is 23.9 Å². The van der Waals surface area contributed by atoms with Gasteiger partial charge in [0.05, 0.1) is 12.3 Å². The van der Waals surface area contributed by atoms with E-state index in [0.717, 1.165) is 10.6 Å². The van der Waals surface area contributed by atoms with E-state index in [1.807, 2.05) is 5.38 Å². The lowest BCUT2D eigenvalue weighted by Crippen LogP contribution is -2.46. The van der Waals surface area contributed by atoms with Crippen molar-refractivity contribution in [1.29, 1.82) is 0 Å². The number of piperidine rings is 1. The molecule has 0 saturated carbocycles. The average molecular weight is 403 g/mol. The summed E-state index contributed by atoms with van der Waals surface area (Å²) in [5.41, 5.74) is 1.51. The standard InChI is InChI=1S/C20H22FN3O3S/c1-2-27-20(26)24-11-9-16(10-12-24)22-18(25)8-7-17-13-28-19(23-17)14-3-5-15(21)6-4-14/h3-8,13,16H,2,9-12H2,1H3,(H,22,25)/b8-7+. The number of hydrogen-bond acceptors (Lipinski definition) is 5. The number of hydrogen-bond donors (Lipinski definition) is 1. The van der Waals surface area contributed by atoms with Crippen LogP contribution in [0.15, 0.2) is 35.7 Å². The van der Waals surface area contributed by atoms with E-state index < -0.39 is 0 Å². The number of carbonyl (C=O) groups is 2. The molecule has 2 heterocycles. The van der Waals surface area contributed by atoms with Crippen LogP contribution >= 0.6 is 11.3 Å². The summed E-state index contributed by atoms with van der Waals surface area (Å²) >= 11 is 1.44. The Bertz CT molecular complexity index is 843. The topological polar surface area (TPSA) is 71.5 Å². The van der Waals surface area contributed by atoms with Crippen LogP contribution in [0.2, 0.25) is 0 Å². The van der Waals surface area contributed by atoms with Crippen LogP contribution < -0.4 is 5.32 Å². The highest BCUT2D eigenvalue weighted by molar-refractivity contribution is 7.13. The van der Waals surface area contributed by atoms with E-state index in [2.05, 4.69) is 10.3 Å². The molecule has 0 spiro atoms. The third-order valence-corrected chi connectivity index (χ3v) is 5.30. The Balaban J connectivity index is 1.48. The van der Waals surface area contributed by atoms with Crippen LogP contribution in [0, 0.1) is 5.82 Å². The molecule has 2 amide bonds. The van der Waals surface area contributed by atoms with Crippen LogP contribution in [-0.4, -0.2) is 47.6 Å². The first kappa shape index (κ1) is 20.0. The molecule has 0 aliphatic carbocycles. The molecule has 1 aromatic carbocycles. The maximum Gasteiger partial charge on any atom is 0.409 e. The van der Waals surface area contributed by atoms with Crippen LogP contribution in [0.5, 0.6) is 0 Å². The summed E-state index contributed by atoms with van der Waals surface area (Å²) in [6.45, 7) is 3.28. The second kappa shape index (κ2) is 9.45. The van der Waals surface area contributed by atoms with Crippen molar-refractivity contribution in [2.45, 2.75) is 25.8 Å². The molecular formula is C20H22FN3O3S. The maximum atomic E-state index is 13.0. The Morgan fingerprint density at radius 3 is 2.71 bits per heavy atom. The molecule has 1 saturated heterocycles. The van der Waals surface area contributed by atoms with Crippen molar-refractivity contribution in [2.24, 2.45) is 0 Å². The van der Waals surface area contributed by atoms with E-state index >= 15 is 0 Å². The molecule has 1 fully saturated rings. The summed E-state index contributed by atoms with van der Waals surface area (Å²) in [4.78, 5) is 29.9. The predicted molar refractivity (Wildman–Crippen MR) is 106 cm³/mol. The molecule has 1 aromatic heterocycles. The van der Waals surface area contributed by atoms with Gasteiger partial charge in [-0.2, -0.15) is 0 Å². The Hall–Kier alpha value is -2.74. The SMILES string of the molecule is CCOC(=O)N1CCC(NC(=O)/C=C/c2csc(-c3ccc(F)cc3)n2)CC1. The lowest BCUT2D eigenvalue weighted by Gasteiger charge is -2.31. The first-order chi connectivity index (χ1) is 13.5. The Labute approximate surface area is 167 Å². The van der Waals surface area contributed by atoms with E-state index in [0.29, 0.717) is 38.2 Å². The van der Waals surface area contributed by atoms with Gasteiger partial charge >= 0.3 is 6.09 Å². The second-order valence-corrected chi connectivity index (χ2v) is 7.24. The number of likely N-dealkylation sites (tertiary alicyclic amines) is 1. The normalized spacial score (nSPS) is 15.0. The number of halogens is 1. The fraction of sp³-hybridized carbons (Fsp3) is 0.350. The van der Waals surface area contributed by atoms with Gasteiger partial charge in [0.2, 0.25) is 5.91 Å².